The summed E-state index contributed by atoms with van der Waals surface area (Å²) in [5, 5.41) is 11.7. The van der Waals surface area contributed by atoms with Crippen molar-refractivity contribution in [3.63, 3.8) is 0 Å². The van der Waals surface area contributed by atoms with E-state index in [1.165, 1.54) is 0 Å². The van der Waals surface area contributed by atoms with Crippen molar-refractivity contribution in [1.82, 2.24) is 4.98 Å². The smallest absolute Gasteiger partial charge is 0.225 e. The SMILES string of the molecule is Cc1cc(C)c(CO)c(Oc2cccc3ccccc23)n1. The van der Waals surface area contributed by atoms with Crippen LogP contribution in [0, 0.1) is 13.8 Å². The quantitative estimate of drug-likeness (QED) is 0.783. The highest BCUT2D eigenvalue weighted by atomic mass is 16.5. The molecule has 0 amide bonds. The first-order chi connectivity index (χ1) is 10.2. The van der Waals surface area contributed by atoms with Crippen molar-refractivity contribution in [3.05, 3.63) is 65.4 Å². The highest BCUT2D eigenvalue weighted by Crippen LogP contribution is 2.31. The summed E-state index contributed by atoms with van der Waals surface area (Å²) in [7, 11) is 0. The van der Waals surface area contributed by atoms with Crippen LogP contribution < -0.4 is 4.74 Å². The van der Waals surface area contributed by atoms with E-state index in [4.69, 9.17) is 4.74 Å². The minimum Gasteiger partial charge on any atom is -0.438 e. The Kier molecular flexibility index (Phi) is 3.59. The molecule has 106 valence electrons. The van der Waals surface area contributed by atoms with Crippen molar-refractivity contribution in [3.8, 4) is 11.6 Å². The second-order valence-corrected chi connectivity index (χ2v) is 5.10. The number of aromatic nitrogens is 1. The molecule has 0 fully saturated rings. The molecule has 0 saturated carbocycles. The van der Waals surface area contributed by atoms with E-state index in [9.17, 15) is 5.11 Å². The Bertz CT molecular complexity index is 791. The first-order valence-corrected chi connectivity index (χ1v) is 6.92. The number of ether oxygens (including phenoxy) is 1. The van der Waals surface area contributed by atoms with Crippen molar-refractivity contribution in [1.29, 1.82) is 0 Å². The number of rotatable bonds is 3. The van der Waals surface area contributed by atoms with E-state index in [0.717, 1.165) is 33.3 Å². The van der Waals surface area contributed by atoms with Gasteiger partial charge in [-0.2, -0.15) is 0 Å². The van der Waals surface area contributed by atoms with Gasteiger partial charge in [0.1, 0.15) is 5.75 Å². The number of benzene rings is 2. The molecule has 0 atom stereocenters. The maximum absolute atomic E-state index is 9.56. The lowest BCUT2D eigenvalue weighted by atomic mass is 10.1. The Hall–Kier alpha value is -2.39. The number of aryl methyl sites for hydroxylation is 2. The molecule has 1 aromatic heterocycles. The second kappa shape index (κ2) is 5.54. The van der Waals surface area contributed by atoms with E-state index in [1.54, 1.807) is 0 Å². The number of aliphatic hydroxyl groups is 1. The number of nitrogens with zero attached hydrogens (tertiary/aromatic N) is 1. The number of pyridine rings is 1. The molecule has 3 nitrogen and oxygen atoms in total. The third-order valence-corrected chi connectivity index (χ3v) is 3.55. The van der Waals surface area contributed by atoms with Gasteiger partial charge < -0.3 is 9.84 Å². The molecule has 0 aliphatic heterocycles. The average molecular weight is 279 g/mol. The minimum atomic E-state index is -0.0841. The molecular formula is C18H17NO2. The van der Waals surface area contributed by atoms with Crippen molar-refractivity contribution < 1.29 is 9.84 Å². The van der Waals surface area contributed by atoms with Crippen LogP contribution >= 0.6 is 0 Å². The van der Waals surface area contributed by atoms with Crippen molar-refractivity contribution in [2.45, 2.75) is 20.5 Å². The van der Waals surface area contributed by atoms with Crippen LogP contribution in [0.15, 0.2) is 48.5 Å². The normalized spacial score (nSPS) is 10.8. The van der Waals surface area contributed by atoms with Crippen LogP contribution in [0.4, 0.5) is 0 Å². The summed E-state index contributed by atoms with van der Waals surface area (Å²) in [6.45, 7) is 3.79. The Morgan fingerprint density at radius 1 is 1.05 bits per heavy atom. The molecule has 21 heavy (non-hydrogen) atoms. The van der Waals surface area contributed by atoms with E-state index in [-0.39, 0.29) is 6.61 Å². The van der Waals surface area contributed by atoms with E-state index in [2.05, 4.69) is 4.98 Å². The van der Waals surface area contributed by atoms with Gasteiger partial charge in [0.2, 0.25) is 5.88 Å². The Balaban J connectivity index is 2.11. The van der Waals surface area contributed by atoms with Crippen molar-refractivity contribution in [2.75, 3.05) is 0 Å². The summed E-state index contributed by atoms with van der Waals surface area (Å²) < 4.78 is 6.00. The van der Waals surface area contributed by atoms with Crippen LogP contribution in [0.25, 0.3) is 10.8 Å². The van der Waals surface area contributed by atoms with Crippen LogP contribution in [-0.2, 0) is 6.61 Å². The summed E-state index contributed by atoms with van der Waals surface area (Å²) in [6, 6.07) is 15.9. The highest BCUT2D eigenvalue weighted by Gasteiger charge is 2.11. The van der Waals surface area contributed by atoms with Crippen LogP contribution in [0.5, 0.6) is 11.6 Å². The lowest BCUT2D eigenvalue weighted by molar-refractivity contribution is 0.274. The van der Waals surface area contributed by atoms with Gasteiger partial charge in [0, 0.05) is 16.6 Å². The predicted octanol–water partition coefficient (Wildman–Crippen LogP) is 4.14. The fraction of sp³-hybridized carbons (Fsp3) is 0.167. The topological polar surface area (TPSA) is 42.4 Å². The van der Waals surface area contributed by atoms with E-state index < -0.39 is 0 Å². The Morgan fingerprint density at radius 2 is 1.81 bits per heavy atom. The van der Waals surface area contributed by atoms with Crippen LogP contribution in [0.1, 0.15) is 16.8 Å². The van der Waals surface area contributed by atoms with Gasteiger partial charge in [-0.15, -0.1) is 0 Å². The van der Waals surface area contributed by atoms with Crippen LogP contribution in [0.2, 0.25) is 0 Å². The van der Waals surface area contributed by atoms with Crippen LogP contribution in [-0.4, -0.2) is 10.1 Å². The zero-order valence-corrected chi connectivity index (χ0v) is 12.1. The monoisotopic (exact) mass is 279 g/mol. The Labute approximate surface area is 123 Å². The van der Waals surface area contributed by atoms with Crippen molar-refractivity contribution in [2.24, 2.45) is 0 Å². The molecule has 1 N–H and O–H groups in total. The first kappa shape index (κ1) is 13.6. The van der Waals surface area contributed by atoms with Crippen molar-refractivity contribution >= 4 is 10.8 Å². The molecule has 0 saturated heterocycles. The second-order valence-electron chi connectivity index (χ2n) is 5.10. The van der Waals surface area contributed by atoms with Gasteiger partial charge in [-0.05, 0) is 36.9 Å². The molecule has 0 aliphatic rings. The zero-order valence-electron chi connectivity index (χ0n) is 12.1. The number of hydrogen-bond donors (Lipinski definition) is 1. The molecule has 3 aromatic rings. The number of fused-ring (bicyclic) bond motifs is 1. The molecule has 0 unspecified atom stereocenters. The first-order valence-electron chi connectivity index (χ1n) is 6.92. The summed E-state index contributed by atoms with van der Waals surface area (Å²) >= 11 is 0. The lowest BCUT2D eigenvalue weighted by Crippen LogP contribution is -2.00. The van der Waals surface area contributed by atoms with Gasteiger partial charge in [0.25, 0.3) is 0 Å². The molecule has 0 bridgehead atoms. The van der Waals surface area contributed by atoms with Gasteiger partial charge >= 0.3 is 0 Å². The Morgan fingerprint density at radius 3 is 2.62 bits per heavy atom. The molecule has 3 heteroatoms. The third-order valence-electron chi connectivity index (χ3n) is 3.55. The van der Waals surface area contributed by atoms with Gasteiger partial charge in [0.15, 0.2) is 0 Å². The zero-order chi connectivity index (χ0) is 14.8. The highest BCUT2D eigenvalue weighted by molar-refractivity contribution is 5.88. The van der Waals surface area contributed by atoms with Gasteiger partial charge in [-0.3, -0.25) is 0 Å². The fourth-order valence-corrected chi connectivity index (χ4v) is 2.49. The summed E-state index contributed by atoms with van der Waals surface area (Å²) in [5.74, 6) is 1.23. The molecule has 0 spiro atoms. The van der Waals surface area contributed by atoms with Crippen LogP contribution in [0.3, 0.4) is 0 Å². The molecule has 3 rings (SSSR count). The molecule has 2 aromatic carbocycles. The number of aliphatic hydroxyl groups excluding tert-OH is 1. The standard InChI is InChI=1S/C18H17NO2/c1-12-10-13(2)19-18(16(12)11-20)21-17-9-5-7-14-6-3-4-8-15(14)17/h3-10,20H,11H2,1-2H3. The van der Waals surface area contributed by atoms with Gasteiger partial charge in [-0.25, -0.2) is 4.98 Å². The molecule has 0 aliphatic carbocycles. The lowest BCUT2D eigenvalue weighted by Gasteiger charge is -2.13. The molecular weight excluding hydrogens is 262 g/mol. The fourth-order valence-electron chi connectivity index (χ4n) is 2.49. The minimum absolute atomic E-state index is 0.0841. The van der Waals surface area contributed by atoms with Gasteiger partial charge in [0.05, 0.1) is 6.61 Å². The van der Waals surface area contributed by atoms with Gasteiger partial charge in [-0.1, -0.05) is 36.4 Å². The van der Waals surface area contributed by atoms with E-state index >= 15 is 0 Å². The maximum atomic E-state index is 9.56. The maximum Gasteiger partial charge on any atom is 0.225 e. The average Bonchev–Trinajstić information content (AvgIpc) is 2.47. The molecule has 0 radical (unpaired) electrons. The third kappa shape index (κ3) is 2.60. The van der Waals surface area contributed by atoms with E-state index in [0.29, 0.717) is 5.88 Å². The summed E-state index contributed by atoms with van der Waals surface area (Å²) in [5.41, 5.74) is 2.59. The predicted molar refractivity (Wildman–Crippen MR) is 83.7 cm³/mol. The largest absolute Gasteiger partial charge is 0.438 e. The number of hydrogen-bond acceptors (Lipinski definition) is 3. The van der Waals surface area contributed by atoms with E-state index in [1.807, 2.05) is 62.4 Å². The summed E-state index contributed by atoms with van der Waals surface area (Å²) in [4.78, 5) is 4.42. The molecule has 1 heterocycles. The summed E-state index contributed by atoms with van der Waals surface area (Å²) in [6.07, 6.45) is 0.